The fourth-order valence-corrected chi connectivity index (χ4v) is 2.19. The molecular weight excluding hydrogens is 254 g/mol. The summed E-state index contributed by atoms with van der Waals surface area (Å²) in [5.74, 6) is 0.459. The predicted molar refractivity (Wildman–Crippen MR) is 80.1 cm³/mol. The van der Waals surface area contributed by atoms with Gasteiger partial charge in [-0.3, -0.25) is 14.3 Å². The molecule has 0 aliphatic rings. The van der Waals surface area contributed by atoms with Gasteiger partial charge in [-0.1, -0.05) is 37.3 Å². The van der Waals surface area contributed by atoms with Gasteiger partial charge in [0, 0.05) is 12.6 Å². The standard InChI is InChI=1S/C15H19N3O2/c1-3-12(11-8-6-5-7-9-11)16-13-10-14(19)18(4-2)15(20)17-13/h5-10,12,16H,3-4H2,1-2H3,(H,17,20)/t12-/m0/s1. The third kappa shape index (κ3) is 2.99. The molecule has 0 amide bonds. The van der Waals surface area contributed by atoms with Crippen molar-refractivity contribution in [1.29, 1.82) is 0 Å². The smallest absolute Gasteiger partial charge is 0.329 e. The fourth-order valence-electron chi connectivity index (χ4n) is 2.19. The van der Waals surface area contributed by atoms with E-state index in [1.54, 1.807) is 6.92 Å². The van der Waals surface area contributed by atoms with Crippen LogP contribution >= 0.6 is 0 Å². The highest BCUT2D eigenvalue weighted by atomic mass is 16.2. The zero-order valence-corrected chi connectivity index (χ0v) is 11.7. The molecule has 0 fully saturated rings. The number of aromatic amines is 1. The molecule has 0 aliphatic carbocycles. The second kappa shape index (κ2) is 6.23. The maximum atomic E-state index is 11.8. The molecule has 1 aromatic carbocycles. The second-order valence-electron chi connectivity index (χ2n) is 4.59. The number of benzene rings is 1. The molecular formula is C15H19N3O2. The Kier molecular flexibility index (Phi) is 4.40. The first-order valence-corrected chi connectivity index (χ1v) is 6.81. The monoisotopic (exact) mass is 273 g/mol. The number of hydrogen-bond acceptors (Lipinski definition) is 3. The van der Waals surface area contributed by atoms with Gasteiger partial charge in [0.15, 0.2) is 0 Å². The molecule has 1 heterocycles. The Labute approximate surface area is 117 Å². The Bertz CT molecular complexity index is 642. The van der Waals surface area contributed by atoms with Gasteiger partial charge in [0.25, 0.3) is 5.56 Å². The number of rotatable bonds is 5. The van der Waals surface area contributed by atoms with Crippen molar-refractivity contribution < 1.29 is 0 Å². The number of nitrogens with zero attached hydrogens (tertiary/aromatic N) is 1. The molecule has 0 unspecified atom stereocenters. The molecule has 20 heavy (non-hydrogen) atoms. The van der Waals surface area contributed by atoms with Crippen molar-refractivity contribution in [3.05, 3.63) is 62.8 Å². The van der Waals surface area contributed by atoms with Crippen molar-refractivity contribution in [2.75, 3.05) is 5.32 Å². The van der Waals surface area contributed by atoms with Crippen LogP contribution in [0.4, 0.5) is 5.82 Å². The summed E-state index contributed by atoms with van der Waals surface area (Å²) in [5, 5.41) is 3.21. The zero-order chi connectivity index (χ0) is 14.5. The molecule has 0 saturated carbocycles. The van der Waals surface area contributed by atoms with Crippen molar-refractivity contribution in [3.63, 3.8) is 0 Å². The molecule has 1 atom stereocenters. The van der Waals surface area contributed by atoms with Crippen LogP contribution in [0, 0.1) is 0 Å². The van der Waals surface area contributed by atoms with Gasteiger partial charge in [-0.25, -0.2) is 4.79 Å². The fraction of sp³-hybridized carbons (Fsp3) is 0.333. The largest absolute Gasteiger partial charge is 0.365 e. The molecule has 2 rings (SSSR count). The zero-order valence-electron chi connectivity index (χ0n) is 11.7. The molecule has 0 spiro atoms. The van der Waals surface area contributed by atoms with Gasteiger partial charge < -0.3 is 5.32 Å². The van der Waals surface area contributed by atoms with Gasteiger partial charge in [0.2, 0.25) is 0 Å². The van der Waals surface area contributed by atoms with E-state index in [9.17, 15) is 9.59 Å². The van der Waals surface area contributed by atoms with E-state index in [0.29, 0.717) is 12.4 Å². The van der Waals surface area contributed by atoms with E-state index in [1.807, 2.05) is 30.3 Å². The van der Waals surface area contributed by atoms with Crippen LogP contribution in [0.2, 0.25) is 0 Å². The lowest BCUT2D eigenvalue weighted by Crippen LogP contribution is -2.34. The predicted octanol–water partition coefficient (Wildman–Crippen LogP) is 2.12. The second-order valence-corrected chi connectivity index (χ2v) is 4.59. The molecule has 0 saturated heterocycles. The minimum Gasteiger partial charge on any atom is -0.365 e. The summed E-state index contributed by atoms with van der Waals surface area (Å²) in [4.78, 5) is 26.3. The van der Waals surface area contributed by atoms with Crippen LogP contribution in [0.15, 0.2) is 46.0 Å². The van der Waals surface area contributed by atoms with Crippen molar-refractivity contribution in [3.8, 4) is 0 Å². The maximum absolute atomic E-state index is 11.8. The quantitative estimate of drug-likeness (QED) is 0.877. The van der Waals surface area contributed by atoms with E-state index in [0.717, 1.165) is 16.6 Å². The SMILES string of the molecule is CC[C@H](Nc1cc(=O)n(CC)c(=O)[nH]1)c1ccccc1. The van der Waals surface area contributed by atoms with Crippen molar-refractivity contribution in [1.82, 2.24) is 9.55 Å². The molecule has 0 bridgehead atoms. The van der Waals surface area contributed by atoms with Gasteiger partial charge in [-0.2, -0.15) is 0 Å². The Morgan fingerprint density at radius 2 is 1.90 bits per heavy atom. The van der Waals surface area contributed by atoms with Gasteiger partial charge in [0.1, 0.15) is 5.82 Å². The Hall–Kier alpha value is -2.30. The molecule has 5 heteroatoms. The molecule has 5 nitrogen and oxygen atoms in total. The lowest BCUT2D eigenvalue weighted by atomic mass is 10.0. The Morgan fingerprint density at radius 3 is 2.45 bits per heavy atom. The molecule has 0 radical (unpaired) electrons. The summed E-state index contributed by atoms with van der Waals surface area (Å²) in [5.41, 5.74) is 0.447. The van der Waals surface area contributed by atoms with E-state index in [-0.39, 0.29) is 17.3 Å². The summed E-state index contributed by atoms with van der Waals surface area (Å²) in [6.45, 7) is 4.18. The number of H-pyrrole nitrogens is 1. The molecule has 106 valence electrons. The molecule has 2 N–H and O–H groups in total. The lowest BCUT2D eigenvalue weighted by Gasteiger charge is -2.18. The summed E-state index contributed by atoms with van der Waals surface area (Å²) < 4.78 is 1.16. The van der Waals surface area contributed by atoms with Crippen LogP contribution in [0.1, 0.15) is 31.9 Å². The van der Waals surface area contributed by atoms with E-state index in [4.69, 9.17) is 0 Å². The van der Waals surface area contributed by atoms with Gasteiger partial charge in [-0.15, -0.1) is 0 Å². The minimum atomic E-state index is -0.384. The van der Waals surface area contributed by atoms with Crippen LogP contribution in [-0.4, -0.2) is 9.55 Å². The molecule has 1 aromatic heterocycles. The van der Waals surface area contributed by atoms with Gasteiger partial charge >= 0.3 is 5.69 Å². The summed E-state index contributed by atoms with van der Waals surface area (Å²) in [6, 6.07) is 11.4. The highest BCUT2D eigenvalue weighted by Gasteiger charge is 2.10. The van der Waals surface area contributed by atoms with E-state index in [1.165, 1.54) is 6.07 Å². The van der Waals surface area contributed by atoms with Crippen LogP contribution in [0.3, 0.4) is 0 Å². The Morgan fingerprint density at radius 1 is 1.20 bits per heavy atom. The minimum absolute atomic E-state index is 0.0590. The number of anilines is 1. The average Bonchev–Trinajstić information content (AvgIpc) is 2.45. The first kappa shape index (κ1) is 14.1. The highest BCUT2D eigenvalue weighted by Crippen LogP contribution is 2.19. The van der Waals surface area contributed by atoms with Crippen molar-refractivity contribution in [2.24, 2.45) is 0 Å². The van der Waals surface area contributed by atoms with Gasteiger partial charge in [0.05, 0.1) is 6.04 Å². The van der Waals surface area contributed by atoms with Gasteiger partial charge in [-0.05, 0) is 18.9 Å². The van der Waals surface area contributed by atoms with Crippen LogP contribution in [0.5, 0.6) is 0 Å². The summed E-state index contributed by atoms with van der Waals surface area (Å²) in [7, 11) is 0. The normalized spacial score (nSPS) is 12.1. The summed E-state index contributed by atoms with van der Waals surface area (Å²) in [6.07, 6.45) is 0.850. The van der Waals surface area contributed by atoms with Crippen molar-refractivity contribution in [2.45, 2.75) is 32.9 Å². The first-order valence-electron chi connectivity index (χ1n) is 6.81. The third-order valence-electron chi connectivity index (χ3n) is 3.28. The molecule has 2 aromatic rings. The lowest BCUT2D eigenvalue weighted by molar-refractivity contribution is 0.668. The van der Waals surface area contributed by atoms with Crippen molar-refractivity contribution >= 4 is 5.82 Å². The van der Waals surface area contributed by atoms with E-state index in [2.05, 4.69) is 17.2 Å². The molecule has 0 aliphatic heterocycles. The number of aromatic nitrogens is 2. The summed E-state index contributed by atoms with van der Waals surface area (Å²) >= 11 is 0. The maximum Gasteiger partial charge on any atom is 0.329 e. The van der Waals surface area contributed by atoms with E-state index < -0.39 is 0 Å². The third-order valence-corrected chi connectivity index (χ3v) is 3.28. The Balaban J connectivity index is 2.29. The van der Waals surface area contributed by atoms with Crippen LogP contribution < -0.4 is 16.6 Å². The van der Waals surface area contributed by atoms with E-state index >= 15 is 0 Å². The first-order chi connectivity index (χ1) is 9.65. The number of nitrogens with one attached hydrogen (secondary N) is 2. The number of hydrogen-bond donors (Lipinski definition) is 2. The highest BCUT2D eigenvalue weighted by molar-refractivity contribution is 5.37. The van der Waals surface area contributed by atoms with Crippen LogP contribution in [-0.2, 0) is 6.54 Å². The average molecular weight is 273 g/mol. The topological polar surface area (TPSA) is 66.9 Å². The van der Waals surface area contributed by atoms with Crippen LogP contribution in [0.25, 0.3) is 0 Å².